The van der Waals surface area contributed by atoms with E-state index in [1.807, 2.05) is 12.1 Å². The van der Waals surface area contributed by atoms with Crippen molar-refractivity contribution >= 4 is 5.82 Å². The first kappa shape index (κ1) is 12.4. The minimum absolute atomic E-state index is 0.107. The van der Waals surface area contributed by atoms with Crippen LogP contribution in [-0.2, 0) is 13.0 Å². The van der Waals surface area contributed by atoms with Crippen molar-refractivity contribution in [3.63, 3.8) is 0 Å². The van der Waals surface area contributed by atoms with Crippen molar-refractivity contribution in [2.75, 3.05) is 18.0 Å². The number of pyridine rings is 1. The van der Waals surface area contributed by atoms with Crippen LogP contribution in [0.1, 0.15) is 37.9 Å². The van der Waals surface area contributed by atoms with Crippen LogP contribution in [0, 0.1) is 5.92 Å². The third-order valence-electron chi connectivity index (χ3n) is 3.36. The second-order valence-corrected chi connectivity index (χ2v) is 5.07. The summed E-state index contributed by atoms with van der Waals surface area (Å²) in [6.45, 7) is 6.73. The Bertz CT molecular complexity index is 378. The van der Waals surface area contributed by atoms with Crippen LogP contribution in [0.3, 0.4) is 0 Å². The maximum atomic E-state index is 9.30. The van der Waals surface area contributed by atoms with Crippen molar-refractivity contribution in [3.8, 4) is 0 Å². The third kappa shape index (κ3) is 2.97. The first-order valence-corrected chi connectivity index (χ1v) is 6.58. The van der Waals surface area contributed by atoms with Crippen molar-refractivity contribution in [2.24, 2.45) is 5.92 Å². The molecule has 3 heteroatoms. The Balaban J connectivity index is 2.23. The van der Waals surface area contributed by atoms with Gasteiger partial charge in [-0.05, 0) is 36.5 Å². The van der Waals surface area contributed by atoms with Gasteiger partial charge >= 0.3 is 0 Å². The summed E-state index contributed by atoms with van der Waals surface area (Å²) in [6.07, 6.45) is 3.33. The summed E-state index contributed by atoms with van der Waals surface area (Å²) in [5.74, 6) is 1.80. The molecule has 0 spiro atoms. The quantitative estimate of drug-likeness (QED) is 0.869. The lowest BCUT2D eigenvalue weighted by molar-refractivity contribution is 0.281. The first-order valence-electron chi connectivity index (χ1n) is 6.58. The van der Waals surface area contributed by atoms with Gasteiger partial charge in [0.05, 0.1) is 6.61 Å². The predicted molar refractivity (Wildman–Crippen MR) is 70.1 cm³/mol. The number of nitrogens with zero attached hydrogens (tertiary/aromatic N) is 2. The molecule has 0 bridgehead atoms. The minimum Gasteiger partial charge on any atom is -0.392 e. The maximum Gasteiger partial charge on any atom is 0.129 e. The Labute approximate surface area is 103 Å². The largest absolute Gasteiger partial charge is 0.392 e. The van der Waals surface area contributed by atoms with Gasteiger partial charge in [0.2, 0.25) is 0 Å². The summed E-state index contributed by atoms with van der Waals surface area (Å²) in [4.78, 5) is 7.04. The van der Waals surface area contributed by atoms with Crippen molar-refractivity contribution < 1.29 is 5.11 Å². The van der Waals surface area contributed by atoms with Gasteiger partial charge in [-0.15, -0.1) is 0 Å². The molecule has 94 valence electrons. The Morgan fingerprint density at radius 3 is 2.88 bits per heavy atom. The minimum atomic E-state index is 0.107. The lowest BCUT2D eigenvalue weighted by atomic mass is 10.1. The number of rotatable bonds is 4. The smallest absolute Gasteiger partial charge is 0.129 e. The molecule has 3 nitrogen and oxygen atoms in total. The molecule has 0 radical (unpaired) electrons. The van der Waals surface area contributed by atoms with E-state index in [9.17, 15) is 5.11 Å². The van der Waals surface area contributed by atoms with Gasteiger partial charge < -0.3 is 10.0 Å². The van der Waals surface area contributed by atoms with Gasteiger partial charge in [0, 0.05) is 18.8 Å². The predicted octanol–water partition coefficient (Wildman–Crippen LogP) is 2.37. The molecule has 0 amide bonds. The van der Waals surface area contributed by atoms with Crippen molar-refractivity contribution in [1.29, 1.82) is 0 Å². The van der Waals surface area contributed by atoms with Crippen LogP contribution in [0.25, 0.3) is 0 Å². The van der Waals surface area contributed by atoms with Crippen LogP contribution in [0.15, 0.2) is 12.1 Å². The molecule has 0 aromatic carbocycles. The summed E-state index contributed by atoms with van der Waals surface area (Å²) in [5.41, 5.74) is 2.09. The monoisotopic (exact) mass is 234 g/mol. The highest BCUT2D eigenvalue weighted by Crippen LogP contribution is 2.23. The molecule has 2 heterocycles. The molecule has 1 aromatic rings. The molecule has 0 aliphatic carbocycles. The highest BCUT2D eigenvalue weighted by molar-refractivity contribution is 5.43. The van der Waals surface area contributed by atoms with E-state index in [2.05, 4.69) is 18.7 Å². The average Bonchev–Trinajstić information content (AvgIpc) is 2.76. The second-order valence-electron chi connectivity index (χ2n) is 5.07. The fraction of sp³-hybridized carbons (Fsp3) is 0.643. The molecule has 1 N–H and O–H groups in total. The molecule has 1 atom stereocenters. The molecule has 1 aliphatic rings. The Kier molecular flexibility index (Phi) is 4.00. The number of hydrogen-bond acceptors (Lipinski definition) is 3. The lowest BCUT2D eigenvalue weighted by Crippen LogP contribution is -2.21. The van der Waals surface area contributed by atoms with Crippen molar-refractivity contribution in [3.05, 3.63) is 23.4 Å². The number of anilines is 1. The molecule has 1 aliphatic heterocycles. The Morgan fingerprint density at radius 1 is 1.47 bits per heavy atom. The normalized spacial score (nSPS) is 19.9. The van der Waals surface area contributed by atoms with Gasteiger partial charge in [-0.25, -0.2) is 4.98 Å². The van der Waals surface area contributed by atoms with Gasteiger partial charge in [0.15, 0.2) is 0 Å². The zero-order valence-corrected chi connectivity index (χ0v) is 10.8. The zero-order valence-electron chi connectivity index (χ0n) is 10.8. The fourth-order valence-electron chi connectivity index (χ4n) is 2.41. The van der Waals surface area contributed by atoms with Crippen LogP contribution in [-0.4, -0.2) is 23.2 Å². The molecule has 17 heavy (non-hydrogen) atoms. The average molecular weight is 234 g/mol. The summed E-state index contributed by atoms with van der Waals surface area (Å²) in [5, 5.41) is 9.30. The molecule has 1 unspecified atom stereocenters. The Hall–Kier alpha value is -1.09. The highest BCUT2D eigenvalue weighted by Gasteiger charge is 2.20. The highest BCUT2D eigenvalue weighted by atomic mass is 16.3. The third-order valence-corrected chi connectivity index (χ3v) is 3.36. The first-order chi connectivity index (χ1) is 8.22. The zero-order chi connectivity index (χ0) is 12.3. The van der Waals surface area contributed by atoms with E-state index in [0.29, 0.717) is 0 Å². The summed E-state index contributed by atoms with van der Waals surface area (Å²) in [6, 6.07) is 4.05. The number of aliphatic hydroxyl groups excluding tert-OH is 1. The number of aliphatic hydroxyl groups is 1. The van der Waals surface area contributed by atoms with Crippen molar-refractivity contribution in [1.82, 2.24) is 4.98 Å². The molecular weight excluding hydrogens is 212 g/mol. The van der Waals surface area contributed by atoms with E-state index in [1.54, 1.807) is 0 Å². The molecule has 1 aromatic heterocycles. The summed E-state index contributed by atoms with van der Waals surface area (Å²) < 4.78 is 0. The van der Waals surface area contributed by atoms with Crippen LogP contribution in [0.4, 0.5) is 5.82 Å². The van der Waals surface area contributed by atoms with Crippen LogP contribution < -0.4 is 4.90 Å². The molecule has 1 fully saturated rings. The topological polar surface area (TPSA) is 36.4 Å². The van der Waals surface area contributed by atoms with Gasteiger partial charge in [-0.1, -0.05) is 20.3 Å². The SMILES string of the molecule is CCCc1cc(CO)cc(N2CCC(C)C2)n1. The fourth-order valence-corrected chi connectivity index (χ4v) is 2.41. The van der Waals surface area contributed by atoms with Gasteiger partial charge in [-0.3, -0.25) is 0 Å². The standard InChI is InChI=1S/C14H22N2O/c1-3-4-13-7-12(10-17)8-14(15-13)16-6-5-11(2)9-16/h7-8,11,17H,3-6,9-10H2,1-2H3. The van der Waals surface area contributed by atoms with E-state index in [1.165, 1.54) is 6.42 Å². The molecular formula is C14H22N2O. The van der Waals surface area contributed by atoms with Gasteiger partial charge in [-0.2, -0.15) is 0 Å². The van der Waals surface area contributed by atoms with Crippen LogP contribution in [0.2, 0.25) is 0 Å². The van der Waals surface area contributed by atoms with Crippen LogP contribution >= 0.6 is 0 Å². The molecule has 2 rings (SSSR count). The number of hydrogen-bond donors (Lipinski definition) is 1. The Morgan fingerprint density at radius 2 is 2.29 bits per heavy atom. The maximum absolute atomic E-state index is 9.30. The summed E-state index contributed by atoms with van der Waals surface area (Å²) >= 11 is 0. The number of aryl methyl sites for hydroxylation is 1. The number of aromatic nitrogens is 1. The molecule has 1 saturated heterocycles. The molecule has 0 saturated carbocycles. The van der Waals surface area contributed by atoms with E-state index < -0.39 is 0 Å². The van der Waals surface area contributed by atoms with E-state index in [0.717, 1.165) is 48.9 Å². The van der Waals surface area contributed by atoms with Crippen LogP contribution in [0.5, 0.6) is 0 Å². The van der Waals surface area contributed by atoms with E-state index in [-0.39, 0.29) is 6.61 Å². The van der Waals surface area contributed by atoms with Gasteiger partial charge in [0.1, 0.15) is 5.82 Å². The van der Waals surface area contributed by atoms with Gasteiger partial charge in [0.25, 0.3) is 0 Å². The summed E-state index contributed by atoms with van der Waals surface area (Å²) in [7, 11) is 0. The second kappa shape index (κ2) is 5.50. The lowest BCUT2D eigenvalue weighted by Gasteiger charge is -2.18. The van der Waals surface area contributed by atoms with E-state index >= 15 is 0 Å². The van der Waals surface area contributed by atoms with E-state index in [4.69, 9.17) is 4.98 Å². The van der Waals surface area contributed by atoms with Crippen molar-refractivity contribution in [2.45, 2.75) is 39.7 Å².